The Bertz CT molecular complexity index is 1060. The molecular weight excluding hydrogens is 380 g/mol. The van der Waals surface area contributed by atoms with Crippen molar-refractivity contribution in [1.29, 1.82) is 0 Å². The Morgan fingerprint density at radius 1 is 1.17 bits per heavy atom. The predicted molar refractivity (Wildman–Crippen MR) is 118 cm³/mol. The molecule has 1 unspecified atom stereocenters. The van der Waals surface area contributed by atoms with Crippen molar-refractivity contribution in [2.24, 2.45) is 0 Å². The van der Waals surface area contributed by atoms with Crippen LogP contribution in [0.1, 0.15) is 13.8 Å². The largest absolute Gasteiger partial charge is 0.490 e. The van der Waals surface area contributed by atoms with Crippen LogP contribution in [-0.2, 0) is 4.74 Å². The number of fused-ring (bicyclic) bond motifs is 1. The highest BCUT2D eigenvalue weighted by Gasteiger charge is 2.28. The molecule has 2 N–H and O–H groups in total. The monoisotopic (exact) mass is 408 g/mol. The molecule has 0 radical (unpaired) electrons. The maximum atomic E-state index is 11.4. The molecule has 4 rings (SSSR count). The zero-order valence-corrected chi connectivity index (χ0v) is 17.4. The van der Waals surface area contributed by atoms with Gasteiger partial charge in [0.1, 0.15) is 18.5 Å². The van der Waals surface area contributed by atoms with Gasteiger partial charge >= 0.3 is 0 Å². The molecule has 2 aromatic carbocycles. The van der Waals surface area contributed by atoms with E-state index in [1.54, 1.807) is 6.20 Å². The van der Waals surface area contributed by atoms with Crippen LogP contribution >= 0.6 is 0 Å². The predicted octanol–water partition coefficient (Wildman–Crippen LogP) is 3.05. The molecule has 1 aromatic heterocycles. The molecule has 158 valence electrons. The number of hydrogen-bond donors (Lipinski definition) is 2. The smallest absolute Gasteiger partial charge is 0.247 e. The van der Waals surface area contributed by atoms with E-state index in [0.29, 0.717) is 13.2 Å². The van der Waals surface area contributed by atoms with E-state index in [-0.39, 0.29) is 17.8 Å². The number of H-pyrrole nitrogens is 1. The second-order valence-electron chi connectivity index (χ2n) is 8.41. The molecule has 30 heavy (non-hydrogen) atoms. The first-order valence-corrected chi connectivity index (χ1v) is 10.3. The van der Waals surface area contributed by atoms with Crippen molar-refractivity contribution in [3.05, 3.63) is 65.1 Å². The van der Waals surface area contributed by atoms with Gasteiger partial charge in [-0.15, -0.1) is 0 Å². The minimum Gasteiger partial charge on any atom is -0.490 e. The van der Waals surface area contributed by atoms with E-state index in [9.17, 15) is 9.90 Å². The van der Waals surface area contributed by atoms with Crippen molar-refractivity contribution in [2.45, 2.75) is 25.6 Å². The highest BCUT2D eigenvalue weighted by Crippen LogP contribution is 2.34. The van der Waals surface area contributed by atoms with Crippen molar-refractivity contribution in [3.8, 4) is 16.9 Å². The van der Waals surface area contributed by atoms with Crippen LogP contribution in [-0.4, -0.2) is 59.5 Å². The normalized spacial score (nSPS) is 17.7. The van der Waals surface area contributed by atoms with Gasteiger partial charge in [0.2, 0.25) is 5.56 Å². The highest BCUT2D eigenvalue weighted by molar-refractivity contribution is 5.99. The Morgan fingerprint density at radius 3 is 2.70 bits per heavy atom. The first kappa shape index (κ1) is 20.6. The summed E-state index contributed by atoms with van der Waals surface area (Å²) in [5, 5.41) is 12.5. The summed E-state index contributed by atoms with van der Waals surface area (Å²) in [5.41, 5.74) is 1.64. The number of nitrogens with zero attached hydrogens (tertiary/aromatic N) is 1. The molecule has 0 amide bonds. The maximum absolute atomic E-state index is 11.4. The molecule has 6 heteroatoms. The fraction of sp³-hybridized carbons (Fsp3) is 0.375. The van der Waals surface area contributed by atoms with Gasteiger partial charge in [-0.05, 0) is 48.6 Å². The number of hydrogen-bond acceptors (Lipinski definition) is 5. The van der Waals surface area contributed by atoms with Crippen LogP contribution in [0.5, 0.6) is 5.75 Å². The van der Waals surface area contributed by atoms with Crippen LogP contribution < -0.4 is 10.3 Å². The molecule has 1 aliphatic heterocycles. The molecule has 3 aromatic rings. The summed E-state index contributed by atoms with van der Waals surface area (Å²) in [4.78, 5) is 16.3. The Labute approximate surface area is 176 Å². The van der Waals surface area contributed by atoms with Gasteiger partial charge < -0.3 is 19.6 Å². The highest BCUT2D eigenvalue weighted by atomic mass is 16.5. The van der Waals surface area contributed by atoms with Crippen LogP contribution in [0.25, 0.3) is 21.9 Å². The summed E-state index contributed by atoms with van der Waals surface area (Å²) in [6, 6.07) is 15.3. The molecule has 2 heterocycles. The van der Waals surface area contributed by atoms with Gasteiger partial charge in [-0.1, -0.05) is 24.3 Å². The number of nitrogens with one attached hydrogen (secondary N) is 1. The van der Waals surface area contributed by atoms with Crippen LogP contribution in [0.15, 0.2) is 59.5 Å². The van der Waals surface area contributed by atoms with Crippen LogP contribution in [0, 0.1) is 0 Å². The van der Waals surface area contributed by atoms with Crippen molar-refractivity contribution in [3.63, 3.8) is 0 Å². The van der Waals surface area contributed by atoms with Crippen molar-refractivity contribution in [1.82, 2.24) is 9.88 Å². The average molecular weight is 408 g/mol. The van der Waals surface area contributed by atoms with Gasteiger partial charge in [-0.3, -0.25) is 9.69 Å². The molecule has 0 aliphatic carbocycles. The number of aromatic amines is 1. The Kier molecular flexibility index (Phi) is 5.90. The van der Waals surface area contributed by atoms with Gasteiger partial charge in [0, 0.05) is 37.3 Å². The quantitative estimate of drug-likeness (QED) is 0.656. The van der Waals surface area contributed by atoms with Crippen LogP contribution in [0.4, 0.5) is 0 Å². The summed E-state index contributed by atoms with van der Waals surface area (Å²) < 4.78 is 11.8. The fourth-order valence-corrected chi connectivity index (χ4v) is 4.03. The SMILES string of the molecule is CC1(C)CN(CC(O)COc2ccc(-c3ccc(=O)[nH]c3)c3ccccc23)CCO1. The van der Waals surface area contributed by atoms with Gasteiger partial charge in [0.05, 0.1) is 12.2 Å². The van der Waals surface area contributed by atoms with E-state index in [4.69, 9.17) is 9.47 Å². The number of ether oxygens (including phenoxy) is 2. The number of aromatic nitrogens is 1. The first-order chi connectivity index (χ1) is 14.4. The Morgan fingerprint density at radius 2 is 1.97 bits per heavy atom. The summed E-state index contributed by atoms with van der Waals surface area (Å²) >= 11 is 0. The third-order valence-electron chi connectivity index (χ3n) is 5.38. The lowest BCUT2D eigenvalue weighted by atomic mass is 9.99. The van der Waals surface area contributed by atoms with Crippen LogP contribution in [0.3, 0.4) is 0 Å². The van der Waals surface area contributed by atoms with E-state index in [0.717, 1.165) is 40.7 Å². The zero-order valence-electron chi connectivity index (χ0n) is 17.4. The number of rotatable bonds is 6. The van der Waals surface area contributed by atoms with Crippen LogP contribution in [0.2, 0.25) is 0 Å². The van der Waals surface area contributed by atoms with Gasteiger partial charge in [-0.2, -0.15) is 0 Å². The maximum Gasteiger partial charge on any atom is 0.247 e. The second-order valence-corrected chi connectivity index (χ2v) is 8.41. The minimum atomic E-state index is -0.587. The lowest BCUT2D eigenvalue weighted by molar-refractivity contribution is -0.0947. The van der Waals surface area contributed by atoms with Gasteiger partial charge in [0.15, 0.2) is 0 Å². The van der Waals surface area contributed by atoms with Crippen molar-refractivity contribution in [2.75, 3.05) is 32.8 Å². The van der Waals surface area contributed by atoms with E-state index in [1.165, 1.54) is 6.07 Å². The van der Waals surface area contributed by atoms with E-state index in [2.05, 4.69) is 23.7 Å². The molecular formula is C24H28N2O4. The Hall–Kier alpha value is -2.67. The summed E-state index contributed by atoms with van der Waals surface area (Å²) in [7, 11) is 0. The summed E-state index contributed by atoms with van der Waals surface area (Å²) in [5.74, 6) is 0.736. The molecule has 1 atom stereocenters. The molecule has 1 saturated heterocycles. The lowest BCUT2D eigenvalue weighted by Crippen LogP contribution is -2.50. The Balaban J connectivity index is 1.49. The third-order valence-corrected chi connectivity index (χ3v) is 5.38. The molecule has 0 bridgehead atoms. The minimum absolute atomic E-state index is 0.124. The molecule has 1 fully saturated rings. The summed E-state index contributed by atoms with van der Waals surface area (Å²) in [6.07, 6.45) is 1.13. The second kappa shape index (κ2) is 8.60. The molecule has 1 aliphatic rings. The van der Waals surface area contributed by atoms with E-state index < -0.39 is 6.10 Å². The van der Waals surface area contributed by atoms with Crippen molar-refractivity contribution < 1.29 is 14.6 Å². The van der Waals surface area contributed by atoms with E-state index >= 15 is 0 Å². The fourth-order valence-electron chi connectivity index (χ4n) is 4.03. The summed E-state index contributed by atoms with van der Waals surface area (Å²) in [6.45, 7) is 7.20. The molecule has 0 spiro atoms. The van der Waals surface area contributed by atoms with Gasteiger partial charge in [-0.25, -0.2) is 0 Å². The number of benzene rings is 2. The van der Waals surface area contributed by atoms with E-state index in [1.807, 2.05) is 42.5 Å². The average Bonchev–Trinajstić information content (AvgIpc) is 2.72. The topological polar surface area (TPSA) is 74.8 Å². The lowest BCUT2D eigenvalue weighted by Gasteiger charge is -2.38. The number of aliphatic hydroxyl groups excluding tert-OH is 1. The molecule has 0 saturated carbocycles. The molecule has 6 nitrogen and oxygen atoms in total. The van der Waals surface area contributed by atoms with Crippen molar-refractivity contribution >= 4 is 10.8 Å². The third kappa shape index (κ3) is 4.73. The number of β-amino-alcohol motifs (C(OH)–C–C–N with tert-alkyl or cyclic N) is 1. The standard InChI is InChI=1S/C24H28N2O4/c1-24(2)16-26(11-12-30-24)14-18(27)15-29-22-9-8-19(17-7-10-23(28)25-13-17)20-5-3-4-6-21(20)22/h3-10,13,18,27H,11-12,14-16H2,1-2H3,(H,25,28). The number of morpholine rings is 1. The number of aliphatic hydroxyl groups is 1. The van der Waals surface area contributed by atoms with Gasteiger partial charge in [0.25, 0.3) is 0 Å². The first-order valence-electron chi connectivity index (χ1n) is 10.3. The number of pyridine rings is 1. The zero-order chi connectivity index (χ0) is 21.1.